The van der Waals surface area contributed by atoms with Gasteiger partial charge in [-0.05, 0) is 37.6 Å². The van der Waals surface area contributed by atoms with Crippen LogP contribution in [0, 0.1) is 13.8 Å². The molecule has 2 atom stereocenters. The molecule has 0 saturated carbocycles. The zero-order chi connectivity index (χ0) is 18.4. The Balaban J connectivity index is 1.59. The van der Waals surface area contributed by atoms with E-state index in [0.717, 1.165) is 22.4 Å². The molecule has 26 heavy (non-hydrogen) atoms. The highest BCUT2D eigenvalue weighted by molar-refractivity contribution is 7.22. The first-order valence-corrected chi connectivity index (χ1v) is 9.56. The second-order valence-electron chi connectivity index (χ2n) is 6.85. The fraction of sp³-hybridized carbons (Fsp3) is 0.444. The summed E-state index contributed by atoms with van der Waals surface area (Å²) < 4.78 is 16.7. The van der Waals surface area contributed by atoms with Gasteiger partial charge in [-0.2, -0.15) is 4.98 Å². The van der Waals surface area contributed by atoms with Crippen molar-refractivity contribution in [3.63, 3.8) is 0 Å². The van der Waals surface area contributed by atoms with Crippen molar-refractivity contribution >= 4 is 26.8 Å². The van der Waals surface area contributed by atoms with Crippen LogP contribution in [0.15, 0.2) is 18.3 Å². The van der Waals surface area contributed by atoms with Crippen LogP contribution in [0.5, 0.6) is 5.75 Å². The summed E-state index contributed by atoms with van der Waals surface area (Å²) in [6.45, 7) is 7.93. The molecule has 2 aromatic heterocycles. The smallest absolute Gasteiger partial charge is 0.194 e. The van der Waals surface area contributed by atoms with Gasteiger partial charge in [0.1, 0.15) is 17.6 Å². The summed E-state index contributed by atoms with van der Waals surface area (Å²) in [4.78, 5) is 6.58. The third-order valence-electron chi connectivity index (χ3n) is 4.81. The SMILES string of the molecule is CCN1C[C@@H](F)[C@@H](Nc2nc3nn(-c4c(C)cc(C)cc4O)cc3s2)C1. The van der Waals surface area contributed by atoms with Crippen molar-refractivity contribution in [2.45, 2.75) is 33.0 Å². The Morgan fingerprint density at radius 2 is 2.15 bits per heavy atom. The highest BCUT2D eigenvalue weighted by Crippen LogP contribution is 2.31. The third-order valence-corrected chi connectivity index (χ3v) is 5.72. The van der Waals surface area contributed by atoms with Crippen LogP contribution in [0.2, 0.25) is 0 Å². The van der Waals surface area contributed by atoms with E-state index in [9.17, 15) is 9.50 Å². The van der Waals surface area contributed by atoms with Crippen LogP contribution in [0.3, 0.4) is 0 Å². The Kier molecular flexibility index (Phi) is 4.32. The highest BCUT2D eigenvalue weighted by Gasteiger charge is 2.32. The normalized spacial score (nSPS) is 20.9. The molecular weight excluding hydrogens is 353 g/mol. The van der Waals surface area contributed by atoms with Crippen LogP contribution >= 0.6 is 11.3 Å². The third kappa shape index (κ3) is 3.03. The molecule has 4 rings (SSSR count). The standard InChI is InChI=1S/C18H22FN5OS/c1-4-23-7-12(19)13(8-23)20-18-21-17-15(26-18)9-24(22-17)16-11(3)5-10(2)6-14(16)25/h5-6,9,12-13,25H,4,7-8H2,1-3H3,(H,20,21,22)/t12-,13+/m1/s1. The molecule has 1 saturated heterocycles. The van der Waals surface area contributed by atoms with Crippen LogP contribution in [0.25, 0.3) is 16.0 Å². The Hall–Kier alpha value is -2.19. The molecule has 0 radical (unpaired) electrons. The summed E-state index contributed by atoms with van der Waals surface area (Å²) in [6, 6.07) is 3.49. The number of anilines is 1. The van der Waals surface area contributed by atoms with Crippen molar-refractivity contribution in [1.29, 1.82) is 0 Å². The number of likely N-dealkylation sites (N-methyl/N-ethyl adjacent to an activating group) is 1. The van der Waals surface area contributed by atoms with Gasteiger partial charge in [0, 0.05) is 13.1 Å². The van der Waals surface area contributed by atoms with Crippen molar-refractivity contribution in [3.05, 3.63) is 29.5 Å². The zero-order valence-corrected chi connectivity index (χ0v) is 15.8. The number of hydrogen-bond donors (Lipinski definition) is 2. The molecule has 3 heterocycles. The molecule has 2 N–H and O–H groups in total. The summed E-state index contributed by atoms with van der Waals surface area (Å²) in [5.41, 5.74) is 3.20. The number of thiazole rings is 1. The molecule has 0 unspecified atom stereocenters. The minimum atomic E-state index is -0.890. The molecule has 0 bridgehead atoms. The van der Waals surface area contributed by atoms with E-state index in [1.165, 1.54) is 11.3 Å². The van der Waals surface area contributed by atoms with E-state index in [0.29, 0.717) is 29.6 Å². The van der Waals surface area contributed by atoms with Gasteiger partial charge >= 0.3 is 0 Å². The number of alkyl halides is 1. The maximum absolute atomic E-state index is 14.1. The van der Waals surface area contributed by atoms with Crippen LogP contribution in [0.1, 0.15) is 18.1 Å². The number of phenols is 1. The van der Waals surface area contributed by atoms with E-state index >= 15 is 0 Å². The molecule has 6 nitrogen and oxygen atoms in total. The number of aromatic hydroxyl groups is 1. The van der Waals surface area contributed by atoms with Crippen molar-refractivity contribution in [1.82, 2.24) is 19.7 Å². The van der Waals surface area contributed by atoms with Gasteiger partial charge < -0.3 is 10.4 Å². The van der Waals surface area contributed by atoms with Crippen LogP contribution in [0.4, 0.5) is 9.52 Å². The maximum atomic E-state index is 14.1. The number of nitrogens with zero attached hydrogens (tertiary/aromatic N) is 4. The van der Waals surface area contributed by atoms with E-state index in [-0.39, 0.29) is 11.8 Å². The van der Waals surface area contributed by atoms with Gasteiger partial charge in [-0.15, -0.1) is 5.10 Å². The summed E-state index contributed by atoms with van der Waals surface area (Å²) >= 11 is 1.45. The second-order valence-corrected chi connectivity index (χ2v) is 7.88. The summed E-state index contributed by atoms with van der Waals surface area (Å²) in [5.74, 6) is 0.196. The van der Waals surface area contributed by atoms with E-state index < -0.39 is 6.17 Å². The predicted octanol–water partition coefficient (Wildman–Crippen LogP) is 3.26. The van der Waals surface area contributed by atoms with Gasteiger partial charge in [-0.3, -0.25) is 4.90 Å². The first kappa shape index (κ1) is 17.2. The van der Waals surface area contributed by atoms with Crippen molar-refractivity contribution in [2.75, 3.05) is 25.0 Å². The molecule has 1 fully saturated rings. The van der Waals surface area contributed by atoms with Gasteiger partial charge in [-0.25, -0.2) is 9.07 Å². The number of hydrogen-bond acceptors (Lipinski definition) is 6. The lowest BCUT2D eigenvalue weighted by molar-refractivity contribution is 0.295. The maximum Gasteiger partial charge on any atom is 0.194 e. The lowest BCUT2D eigenvalue weighted by Gasteiger charge is -2.13. The monoisotopic (exact) mass is 375 g/mol. The zero-order valence-electron chi connectivity index (χ0n) is 15.0. The van der Waals surface area contributed by atoms with Gasteiger partial charge in [0.05, 0.1) is 16.9 Å². The summed E-state index contributed by atoms with van der Waals surface area (Å²) in [5, 5.41) is 18.7. The quantitative estimate of drug-likeness (QED) is 0.733. The van der Waals surface area contributed by atoms with Gasteiger partial charge in [0.25, 0.3) is 0 Å². The average Bonchev–Trinajstić information content (AvgIpc) is 3.20. The first-order valence-electron chi connectivity index (χ1n) is 8.74. The number of aryl methyl sites for hydroxylation is 2. The minimum Gasteiger partial charge on any atom is -0.506 e. The van der Waals surface area contributed by atoms with Crippen molar-refractivity contribution in [2.24, 2.45) is 0 Å². The number of fused-ring (bicyclic) bond motifs is 1. The number of aromatic nitrogens is 3. The van der Waals surface area contributed by atoms with Gasteiger partial charge in [-0.1, -0.05) is 24.3 Å². The average molecular weight is 375 g/mol. The Bertz CT molecular complexity index is 898. The Morgan fingerprint density at radius 3 is 2.81 bits per heavy atom. The van der Waals surface area contributed by atoms with Crippen LogP contribution in [-0.2, 0) is 0 Å². The molecule has 8 heteroatoms. The van der Waals surface area contributed by atoms with E-state index in [1.54, 1.807) is 10.7 Å². The number of likely N-dealkylation sites (tertiary alicyclic amines) is 1. The largest absolute Gasteiger partial charge is 0.506 e. The fourth-order valence-electron chi connectivity index (χ4n) is 3.53. The van der Waals surface area contributed by atoms with E-state index in [2.05, 4.69) is 20.3 Å². The minimum absolute atomic E-state index is 0.196. The molecule has 3 aromatic rings. The number of rotatable bonds is 4. The predicted molar refractivity (Wildman–Crippen MR) is 102 cm³/mol. The molecule has 1 aliphatic heterocycles. The number of halogens is 1. The molecule has 0 spiro atoms. The van der Waals surface area contributed by atoms with Crippen molar-refractivity contribution in [3.8, 4) is 11.4 Å². The highest BCUT2D eigenvalue weighted by atomic mass is 32.1. The number of nitrogens with one attached hydrogen (secondary N) is 1. The first-order chi connectivity index (χ1) is 12.4. The molecule has 138 valence electrons. The second kappa shape index (κ2) is 6.51. The fourth-order valence-corrected chi connectivity index (χ4v) is 4.41. The van der Waals surface area contributed by atoms with E-state index in [1.807, 2.05) is 33.0 Å². The molecular formula is C18H22FN5OS. The molecule has 0 amide bonds. The van der Waals surface area contributed by atoms with E-state index in [4.69, 9.17) is 0 Å². The van der Waals surface area contributed by atoms with Crippen LogP contribution in [-0.4, -0.2) is 56.6 Å². The van der Waals surface area contributed by atoms with Crippen LogP contribution < -0.4 is 5.32 Å². The lowest BCUT2D eigenvalue weighted by Crippen LogP contribution is -2.29. The van der Waals surface area contributed by atoms with Gasteiger partial charge in [0.2, 0.25) is 0 Å². The molecule has 0 aliphatic carbocycles. The number of phenolic OH excluding ortho intramolecular Hbond substituents is 1. The van der Waals surface area contributed by atoms with Crippen molar-refractivity contribution < 1.29 is 9.50 Å². The Morgan fingerprint density at radius 1 is 1.35 bits per heavy atom. The lowest BCUT2D eigenvalue weighted by atomic mass is 10.1. The van der Waals surface area contributed by atoms with Gasteiger partial charge in [0.15, 0.2) is 10.8 Å². The summed E-state index contributed by atoms with van der Waals surface area (Å²) in [6.07, 6.45) is 0.966. The molecule has 1 aliphatic rings. The Labute approximate surface area is 155 Å². The molecule has 1 aromatic carbocycles. The number of benzene rings is 1. The summed E-state index contributed by atoms with van der Waals surface area (Å²) in [7, 11) is 0. The topological polar surface area (TPSA) is 66.2 Å².